The van der Waals surface area contributed by atoms with Crippen LogP contribution in [0.15, 0.2) is 34.9 Å². The molecule has 1 aromatic carbocycles. The summed E-state index contributed by atoms with van der Waals surface area (Å²) >= 11 is 0. The van der Waals surface area contributed by atoms with Crippen molar-refractivity contribution >= 4 is 15.7 Å². The Morgan fingerprint density at radius 2 is 1.95 bits per heavy atom. The molecule has 0 saturated carbocycles. The van der Waals surface area contributed by atoms with Crippen LogP contribution in [0.25, 0.3) is 0 Å². The second-order valence-electron chi connectivity index (χ2n) is 5.11. The molecule has 0 spiro atoms. The number of anilines is 1. The molecule has 5 nitrogen and oxygen atoms in total. The number of benzene rings is 1. The zero-order valence-corrected chi connectivity index (χ0v) is 13.3. The largest absolute Gasteiger partial charge is 0.359 e. The topological polar surface area (TPSA) is 72.2 Å². The van der Waals surface area contributed by atoms with E-state index in [1.54, 1.807) is 6.92 Å². The molecule has 0 saturated heterocycles. The molecule has 0 aliphatic heterocycles. The first kappa shape index (κ1) is 15.6. The quantitative estimate of drug-likeness (QED) is 0.890. The maximum Gasteiger partial charge on any atom is 0.233 e. The van der Waals surface area contributed by atoms with Gasteiger partial charge in [0.1, 0.15) is 11.4 Å². The van der Waals surface area contributed by atoms with Crippen molar-refractivity contribution in [2.45, 2.75) is 33.1 Å². The fraction of sp³-hybridized carbons (Fsp3) is 0.400. The number of sulfonamides is 1. The minimum atomic E-state index is -3.46. The lowest BCUT2D eigenvalue weighted by Crippen LogP contribution is -2.21. The van der Waals surface area contributed by atoms with Crippen LogP contribution < -0.4 is 4.72 Å². The lowest BCUT2D eigenvalue weighted by molar-refractivity contribution is 0.383. The van der Waals surface area contributed by atoms with E-state index in [9.17, 15) is 8.42 Å². The van der Waals surface area contributed by atoms with Gasteiger partial charge in [-0.2, -0.15) is 0 Å². The van der Waals surface area contributed by atoms with Crippen LogP contribution >= 0.6 is 0 Å². The summed E-state index contributed by atoms with van der Waals surface area (Å²) in [6.45, 7) is 5.52. The normalized spacial score (nSPS) is 13.1. The van der Waals surface area contributed by atoms with Crippen molar-refractivity contribution in [3.8, 4) is 0 Å². The molecule has 6 heteroatoms. The molecule has 0 radical (unpaired) electrons. The maximum atomic E-state index is 12.3. The second kappa shape index (κ2) is 6.30. The number of aryl methyl sites for hydroxylation is 2. The smallest absolute Gasteiger partial charge is 0.233 e. The Hall–Kier alpha value is -1.82. The molecular formula is C15H20N2O3S. The van der Waals surface area contributed by atoms with E-state index < -0.39 is 10.0 Å². The third kappa shape index (κ3) is 3.85. The standard InChI is InChI=1S/C15H20N2O3S/c1-4-14-15(12(3)16-20-14)17-21(18,19)10-11(2)13-8-6-5-7-9-13/h5-9,11,17H,4,10H2,1-3H3. The third-order valence-electron chi connectivity index (χ3n) is 3.35. The monoisotopic (exact) mass is 308 g/mol. The summed E-state index contributed by atoms with van der Waals surface area (Å²) in [5.74, 6) is 0.488. The molecule has 0 aliphatic carbocycles. The number of hydrogen-bond acceptors (Lipinski definition) is 4. The predicted molar refractivity (Wildman–Crippen MR) is 82.9 cm³/mol. The molecule has 0 bridgehead atoms. The molecule has 1 atom stereocenters. The van der Waals surface area contributed by atoms with Gasteiger partial charge in [0.05, 0.1) is 5.75 Å². The van der Waals surface area contributed by atoms with E-state index >= 15 is 0 Å². The van der Waals surface area contributed by atoms with Gasteiger partial charge in [-0.05, 0) is 18.4 Å². The third-order valence-corrected chi connectivity index (χ3v) is 4.80. The van der Waals surface area contributed by atoms with Gasteiger partial charge < -0.3 is 4.52 Å². The van der Waals surface area contributed by atoms with Crippen molar-refractivity contribution in [3.63, 3.8) is 0 Å². The fourth-order valence-electron chi connectivity index (χ4n) is 2.19. The van der Waals surface area contributed by atoms with Crippen LogP contribution in [0.3, 0.4) is 0 Å². The van der Waals surface area contributed by atoms with E-state index in [4.69, 9.17) is 4.52 Å². The summed E-state index contributed by atoms with van der Waals surface area (Å²) < 4.78 is 32.3. The van der Waals surface area contributed by atoms with Crippen LogP contribution in [0.4, 0.5) is 5.69 Å². The van der Waals surface area contributed by atoms with E-state index in [0.717, 1.165) is 5.56 Å². The van der Waals surface area contributed by atoms with Crippen molar-refractivity contribution < 1.29 is 12.9 Å². The first-order valence-corrected chi connectivity index (χ1v) is 8.58. The van der Waals surface area contributed by atoms with Gasteiger partial charge in [-0.3, -0.25) is 4.72 Å². The van der Waals surface area contributed by atoms with Gasteiger partial charge in [-0.25, -0.2) is 8.42 Å². The molecule has 0 fully saturated rings. The van der Waals surface area contributed by atoms with Crippen molar-refractivity contribution in [1.82, 2.24) is 5.16 Å². The molecular weight excluding hydrogens is 288 g/mol. The van der Waals surface area contributed by atoms with Crippen molar-refractivity contribution in [1.29, 1.82) is 0 Å². The van der Waals surface area contributed by atoms with Gasteiger partial charge in [-0.15, -0.1) is 0 Å². The molecule has 114 valence electrons. The number of rotatable bonds is 6. The highest BCUT2D eigenvalue weighted by atomic mass is 32.2. The van der Waals surface area contributed by atoms with E-state index in [1.165, 1.54) is 0 Å². The molecule has 2 rings (SSSR count). The Kier molecular flexibility index (Phi) is 4.67. The van der Waals surface area contributed by atoms with Gasteiger partial charge >= 0.3 is 0 Å². The Morgan fingerprint density at radius 1 is 1.29 bits per heavy atom. The van der Waals surface area contributed by atoms with E-state index in [1.807, 2.05) is 44.2 Å². The van der Waals surface area contributed by atoms with Crippen LogP contribution in [0, 0.1) is 6.92 Å². The minimum Gasteiger partial charge on any atom is -0.359 e. The molecule has 1 heterocycles. The highest BCUT2D eigenvalue weighted by molar-refractivity contribution is 7.92. The summed E-state index contributed by atoms with van der Waals surface area (Å²) in [5, 5.41) is 3.81. The maximum absolute atomic E-state index is 12.3. The lowest BCUT2D eigenvalue weighted by Gasteiger charge is -2.13. The lowest BCUT2D eigenvalue weighted by atomic mass is 10.0. The Morgan fingerprint density at radius 3 is 2.57 bits per heavy atom. The highest BCUT2D eigenvalue weighted by Crippen LogP contribution is 2.24. The predicted octanol–water partition coefficient (Wildman–Crippen LogP) is 3.09. The molecule has 1 unspecified atom stereocenters. The number of hydrogen-bond donors (Lipinski definition) is 1. The highest BCUT2D eigenvalue weighted by Gasteiger charge is 2.21. The average molecular weight is 308 g/mol. The Labute approximate surface area is 125 Å². The van der Waals surface area contributed by atoms with Crippen molar-refractivity contribution in [2.75, 3.05) is 10.5 Å². The number of nitrogens with zero attached hydrogens (tertiary/aromatic N) is 1. The zero-order chi connectivity index (χ0) is 15.5. The van der Waals surface area contributed by atoms with Crippen LogP contribution in [0.2, 0.25) is 0 Å². The van der Waals surface area contributed by atoms with Gasteiger partial charge in [-0.1, -0.05) is 49.3 Å². The van der Waals surface area contributed by atoms with E-state index in [-0.39, 0.29) is 11.7 Å². The van der Waals surface area contributed by atoms with E-state index in [2.05, 4.69) is 9.88 Å². The SMILES string of the molecule is CCc1onc(C)c1NS(=O)(=O)CC(C)c1ccccc1. The summed E-state index contributed by atoms with van der Waals surface area (Å²) in [5.41, 5.74) is 2.03. The van der Waals surface area contributed by atoms with Gasteiger partial charge in [0.15, 0.2) is 5.76 Å². The van der Waals surface area contributed by atoms with Crippen molar-refractivity contribution in [2.24, 2.45) is 0 Å². The van der Waals surface area contributed by atoms with Crippen LogP contribution in [0.5, 0.6) is 0 Å². The Bertz CT molecular complexity index is 693. The molecule has 1 aromatic heterocycles. The fourth-order valence-corrected chi connectivity index (χ4v) is 3.70. The molecule has 1 N–H and O–H groups in total. The summed E-state index contributed by atoms with van der Waals surface area (Å²) in [7, 11) is -3.46. The number of nitrogens with one attached hydrogen (secondary N) is 1. The molecule has 0 amide bonds. The second-order valence-corrected chi connectivity index (χ2v) is 6.88. The molecule has 21 heavy (non-hydrogen) atoms. The van der Waals surface area contributed by atoms with Crippen LogP contribution in [0.1, 0.15) is 36.8 Å². The van der Waals surface area contributed by atoms with Crippen LogP contribution in [-0.4, -0.2) is 19.3 Å². The van der Waals surface area contributed by atoms with Crippen molar-refractivity contribution in [3.05, 3.63) is 47.3 Å². The number of aromatic nitrogens is 1. The van der Waals surface area contributed by atoms with E-state index in [0.29, 0.717) is 23.6 Å². The average Bonchev–Trinajstić information content (AvgIpc) is 2.79. The minimum absolute atomic E-state index is 0.0186. The summed E-state index contributed by atoms with van der Waals surface area (Å²) in [4.78, 5) is 0. The first-order valence-electron chi connectivity index (χ1n) is 6.93. The summed E-state index contributed by atoms with van der Waals surface area (Å²) in [6.07, 6.45) is 0.590. The van der Waals surface area contributed by atoms with Gasteiger partial charge in [0.2, 0.25) is 10.0 Å². The molecule has 0 aliphatic rings. The Balaban J connectivity index is 2.14. The van der Waals surface area contributed by atoms with Crippen LogP contribution in [-0.2, 0) is 16.4 Å². The zero-order valence-electron chi connectivity index (χ0n) is 12.5. The first-order chi connectivity index (χ1) is 9.93. The van der Waals surface area contributed by atoms with Gasteiger partial charge in [0, 0.05) is 6.42 Å². The molecule has 2 aromatic rings. The van der Waals surface area contributed by atoms with Gasteiger partial charge in [0.25, 0.3) is 0 Å². The summed E-state index contributed by atoms with van der Waals surface area (Å²) in [6, 6.07) is 9.60.